The van der Waals surface area contributed by atoms with Gasteiger partial charge in [-0.05, 0) is 392 Å². The maximum Gasteiger partial charge on any atom is -0.00133 e. The molecule has 23 aromatic carbocycles. The van der Waals surface area contributed by atoms with Crippen LogP contribution in [0.4, 0.5) is 0 Å². The fourth-order valence-electron chi connectivity index (χ4n) is 20.8. The molecule has 0 radical (unpaired) electrons. The molecule has 26 rings (SSSR count). The van der Waals surface area contributed by atoms with Gasteiger partial charge in [-0.3, -0.25) is 0 Å². The van der Waals surface area contributed by atoms with Crippen molar-refractivity contribution in [2.45, 2.75) is 171 Å². The number of hydrogen-bond acceptors (Lipinski definition) is 0. The second-order valence-electron chi connectivity index (χ2n) is 41.0. The molecule has 0 fully saturated rings. The third-order valence-electron chi connectivity index (χ3n) is 28.5. The number of rotatable bonds is 0. The Morgan fingerprint density at radius 3 is 0.566 bits per heavy atom. The average molecular weight is 1850 g/mol. The smallest absolute Gasteiger partial charge is 0.00133 e. The molecule has 143 heavy (non-hydrogen) atoms. The van der Waals surface area contributed by atoms with Gasteiger partial charge in [0.1, 0.15) is 0 Å². The van der Waals surface area contributed by atoms with Crippen molar-refractivity contribution in [1.29, 1.82) is 0 Å². The molecule has 3 aliphatic carbocycles. The van der Waals surface area contributed by atoms with E-state index in [2.05, 4.69) is 539 Å². The molecule has 0 aromatic heterocycles. The van der Waals surface area contributed by atoms with Crippen LogP contribution in [0.2, 0.25) is 0 Å². The van der Waals surface area contributed by atoms with Crippen molar-refractivity contribution in [3.8, 4) is 33.4 Å². The summed E-state index contributed by atoms with van der Waals surface area (Å²) in [6, 6.07) is 146. The molecule has 0 spiro atoms. The maximum atomic E-state index is 2.33. The molecule has 0 N–H and O–H groups in total. The largest absolute Gasteiger partial charge is 0.0616 e. The van der Waals surface area contributed by atoms with Crippen molar-refractivity contribution in [2.24, 2.45) is 0 Å². The zero-order valence-electron chi connectivity index (χ0n) is 87.6. The monoisotopic (exact) mass is 1850 g/mol. The molecule has 0 saturated heterocycles. The fourth-order valence-corrected chi connectivity index (χ4v) is 20.8. The van der Waals surface area contributed by atoms with Gasteiger partial charge in [0.2, 0.25) is 0 Å². The Morgan fingerprint density at radius 1 is 0.112 bits per heavy atom. The highest BCUT2D eigenvalue weighted by molar-refractivity contribution is 6.08. The summed E-state index contributed by atoms with van der Waals surface area (Å²) >= 11 is 0. The van der Waals surface area contributed by atoms with Crippen LogP contribution in [0.5, 0.6) is 0 Å². The van der Waals surface area contributed by atoms with Gasteiger partial charge in [0, 0.05) is 0 Å². The molecule has 708 valence electrons. The Balaban J connectivity index is 0.000000109. The summed E-state index contributed by atoms with van der Waals surface area (Å²) in [4.78, 5) is 0. The van der Waals surface area contributed by atoms with Crippen molar-refractivity contribution in [3.63, 3.8) is 0 Å². The molecule has 0 nitrogen and oxygen atoms in total. The van der Waals surface area contributed by atoms with Gasteiger partial charge < -0.3 is 0 Å². The van der Waals surface area contributed by atoms with E-state index in [1.807, 2.05) is 0 Å². The number of benzene rings is 23. The Labute approximate surface area is 850 Å². The van der Waals surface area contributed by atoms with Gasteiger partial charge in [-0.15, -0.1) is 0 Å². The first-order chi connectivity index (χ1) is 69.0. The summed E-state index contributed by atoms with van der Waals surface area (Å²) in [6.45, 7) is 43.0. The predicted octanol–water partition coefficient (Wildman–Crippen LogP) is 39.7. The summed E-state index contributed by atoms with van der Waals surface area (Å²) in [5, 5.41) is 26.8. The second kappa shape index (κ2) is 44.6. The average Bonchev–Trinajstić information content (AvgIpc) is 0.966. The standard InChI is InChI=1S/2C16H16.3C16H14.C15H14.4C12H12/c3*1-11-3-7-15-13(9-11)5-6-14-10-12(2)4-8-16(14)15;1-11-3-5-13-10-16-8-12(2)4-6-14(16)9-15(13)7-11;1-11-3-5-13-9-14-6-4-12(2)8-16(14)10-15(13)7-11;1-10-3-5-14-12(7-10)9-13-8-11(2)4-6-15(13)14;1-9-3-5-12-8-10(2)4-6-11(12)7-9;1-9-3-5-11-6-4-10(2)8-12(11)7-9;1-9-5-3-8-12-10(2)6-4-7-11(9)12;1-9-7-8-10(2)12-6-4-3-5-11(9)12/h2*3-4,7-10H,5-6H2,1-2H3;3*3-10H,1-2H3;3-8H,9H2,1-2H3;4*3-8H,1-2H3. The molecule has 0 heterocycles. The Hall–Kier alpha value is -15.3. The normalized spacial score (nSPS) is 11.5. The van der Waals surface area contributed by atoms with Gasteiger partial charge in [-0.2, -0.15) is 0 Å². The van der Waals surface area contributed by atoms with E-state index in [0.29, 0.717) is 0 Å². The lowest BCUT2D eigenvalue weighted by molar-refractivity contribution is 0.937. The third-order valence-corrected chi connectivity index (χ3v) is 28.5. The van der Waals surface area contributed by atoms with Crippen LogP contribution < -0.4 is 0 Å². The Bertz CT molecular complexity index is 8010. The van der Waals surface area contributed by atoms with E-state index in [1.165, 1.54) is 311 Å². The SMILES string of the molecule is Cc1ccc(C)c2ccccc12.Cc1ccc2c(c1)CCc1cc(C)ccc1-2.Cc1ccc2c(c1)CCc1cc(C)ccc1-2.Cc1ccc2c(c1)Cc1cc(C)ccc1-2.Cc1ccc2c(ccc3cc(C)ccc32)c1.Cc1ccc2cc(C)ccc2c1.Cc1ccc2cc3cc(C)ccc3cc2c1.Cc1ccc2cc3ccc(C)cc3cc2c1.Cc1ccc2ccc(C)cc2c1.Cc1cccc2c(C)cccc12. The topological polar surface area (TPSA) is 0 Å². The van der Waals surface area contributed by atoms with Crippen LogP contribution in [0.3, 0.4) is 0 Å². The minimum atomic E-state index is 1.11. The molecule has 0 unspecified atom stereocenters. The molecule has 23 aromatic rings. The summed E-state index contributed by atoms with van der Waals surface area (Å²) < 4.78 is 0. The van der Waals surface area contributed by atoms with Crippen LogP contribution in [0.1, 0.15) is 145 Å². The minimum absolute atomic E-state index is 1.11. The highest BCUT2D eigenvalue weighted by Gasteiger charge is 2.20. The van der Waals surface area contributed by atoms with Gasteiger partial charge in [0.25, 0.3) is 0 Å². The molecule has 0 aliphatic heterocycles. The number of hydrogen-bond donors (Lipinski definition) is 0. The predicted molar refractivity (Wildman–Crippen MR) is 628 cm³/mol. The summed E-state index contributed by atoms with van der Waals surface area (Å²) in [5.41, 5.74) is 44.5. The van der Waals surface area contributed by atoms with Crippen molar-refractivity contribution < 1.29 is 0 Å². The maximum absolute atomic E-state index is 2.33. The van der Waals surface area contributed by atoms with Gasteiger partial charge in [-0.1, -0.05) is 465 Å². The third kappa shape index (κ3) is 24.5. The van der Waals surface area contributed by atoms with Crippen LogP contribution in [-0.2, 0) is 32.1 Å². The van der Waals surface area contributed by atoms with E-state index >= 15 is 0 Å². The summed E-state index contributed by atoms with van der Waals surface area (Å²) in [6.07, 6.45) is 5.86. The van der Waals surface area contributed by atoms with Crippen LogP contribution in [0, 0.1) is 138 Å². The van der Waals surface area contributed by atoms with Crippen molar-refractivity contribution in [2.75, 3.05) is 0 Å². The lowest BCUT2D eigenvalue weighted by Gasteiger charge is -2.20. The van der Waals surface area contributed by atoms with Crippen molar-refractivity contribution in [1.82, 2.24) is 0 Å². The summed E-state index contributed by atoms with van der Waals surface area (Å²) in [5.74, 6) is 0. The molecule has 3 aliphatic rings. The zero-order valence-corrected chi connectivity index (χ0v) is 87.6. The fraction of sp³-hybridized carbons (Fsp3) is 0.175. The number of aryl methyl sites for hydroxylation is 24. The van der Waals surface area contributed by atoms with E-state index in [9.17, 15) is 0 Å². The quantitative estimate of drug-likeness (QED) is 0.105. The Kier molecular flexibility index (Phi) is 31.0. The van der Waals surface area contributed by atoms with Crippen molar-refractivity contribution >= 4 is 108 Å². The van der Waals surface area contributed by atoms with Gasteiger partial charge >= 0.3 is 0 Å². The lowest BCUT2D eigenvalue weighted by atomic mass is 9.84. The molecule has 0 bridgehead atoms. The minimum Gasteiger partial charge on any atom is -0.0616 e. The molecule has 0 heteroatoms. The van der Waals surface area contributed by atoms with E-state index in [-0.39, 0.29) is 0 Å². The molecular formula is C143H136. The summed E-state index contributed by atoms with van der Waals surface area (Å²) in [7, 11) is 0. The Morgan fingerprint density at radius 2 is 0.287 bits per heavy atom. The first kappa shape index (κ1) is 99.2. The highest BCUT2D eigenvalue weighted by Crippen LogP contribution is 2.40. The molecule has 0 atom stereocenters. The van der Waals surface area contributed by atoms with Crippen LogP contribution in [0.15, 0.2) is 400 Å². The van der Waals surface area contributed by atoms with E-state index < -0.39 is 0 Å². The zero-order chi connectivity index (χ0) is 100. The number of fused-ring (bicyclic) bond motifs is 20. The van der Waals surface area contributed by atoms with Gasteiger partial charge in [0.05, 0.1) is 0 Å². The molecule has 0 amide bonds. The van der Waals surface area contributed by atoms with E-state index in [1.54, 1.807) is 0 Å². The van der Waals surface area contributed by atoms with Crippen LogP contribution >= 0.6 is 0 Å². The van der Waals surface area contributed by atoms with E-state index in [0.717, 1.165) is 6.42 Å². The lowest BCUT2D eigenvalue weighted by Crippen LogP contribution is -2.04. The van der Waals surface area contributed by atoms with Crippen molar-refractivity contribution in [3.05, 3.63) is 545 Å². The van der Waals surface area contributed by atoms with Gasteiger partial charge in [-0.25, -0.2) is 0 Å². The second-order valence-corrected chi connectivity index (χ2v) is 41.0. The van der Waals surface area contributed by atoms with E-state index in [4.69, 9.17) is 0 Å². The first-order valence-electron chi connectivity index (χ1n) is 51.1. The first-order valence-corrected chi connectivity index (χ1v) is 51.1. The molecular weight excluding hydrogens is 1720 g/mol. The molecule has 0 saturated carbocycles. The van der Waals surface area contributed by atoms with Gasteiger partial charge in [0.15, 0.2) is 0 Å². The van der Waals surface area contributed by atoms with Crippen LogP contribution in [-0.4, -0.2) is 0 Å². The van der Waals surface area contributed by atoms with Crippen LogP contribution in [0.25, 0.3) is 141 Å². The highest BCUT2D eigenvalue weighted by atomic mass is 14.2.